The Labute approximate surface area is 149 Å². The molecule has 0 fully saturated rings. The SMILES string of the molecule is CC(C)C(=O)Nc1cccc(CNC(=O)C(C)(C)c2ccccc2)c1. The highest BCUT2D eigenvalue weighted by Gasteiger charge is 2.29. The molecule has 0 spiro atoms. The van der Waals surface area contributed by atoms with Crippen LogP contribution in [0.25, 0.3) is 0 Å². The van der Waals surface area contributed by atoms with Crippen molar-refractivity contribution in [1.82, 2.24) is 5.32 Å². The number of carbonyl (C=O) groups excluding carboxylic acids is 2. The lowest BCUT2D eigenvalue weighted by Gasteiger charge is -2.24. The number of hydrogen-bond acceptors (Lipinski definition) is 2. The minimum atomic E-state index is -0.606. The molecule has 2 aromatic rings. The molecular formula is C21H26N2O2. The van der Waals surface area contributed by atoms with Crippen molar-refractivity contribution in [2.24, 2.45) is 5.92 Å². The number of anilines is 1. The predicted octanol–water partition coefficient (Wildman–Crippen LogP) is 3.88. The molecule has 0 aliphatic carbocycles. The van der Waals surface area contributed by atoms with Crippen LogP contribution in [0.4, 0.5) is 5.69 Å². The molecule has 132 valence electrons. The molecule has 0 aromatic heterocycles. The summed E-state index contributed by atoms with van der Waals surface area (Å²) in [5.41, 5.74) is 2.06. The lowest BCUT2D eigenvalue weighted by atomic mass is 9.84. The Morgan fingerprint density at radius 1 is 1.00 bits per heavy atom. The molecule has 0 saturated carbocycles. The summed E-state index contributed by atoms with van der Waals surface area (Å²) in [5.74, 6) is -0.128. The quantitative estimate of drug-likeness (QED) is 0.840. The Morgan fingerprint density at radius 2 is 1.68 bits per heavy atom. The Bertz CT molecular complexity index is 737. The van der Waals surface area contributed by atoms with E-state index in [1.54, 1.807) is 0 Å². The van der Waals surface area contributed by atoms with Crippen molar-refractivity contribution >= 4 is 17.5 Å². The molecule has 0 aliphatic rings. The number of benzene rings is 2. The molecule has 2 amide bonds. The van der Waals surface area contributed by atoms with Crippen molar-refractivity contribution in [2.75, 3.05) is 5.32 Å². The van der Waals surface area contributed by atoms with Gasteiger partial charge in [0.15, 0.2) is 0 Å². The van der Waals surface area contributed by atoms with E-state index in [0.717, 1.165) is 16.8 Å². The average molecular weight is 338 g/mol. The van der Waals surface area contributed by atoms with E-state index in [2.05, 4.69) is 10.6 Å². The van der Waals surface area contributed by atoms with E-state index in [9.17, 15) is 9.59 Å². The summed E-state index contributed by atoms with van der Waals surface area (Å²) in [5, 5.41) is 5.86. The second-order valence-electron chi connectivity index (χ2n) is 7.02. The molecule has 0 bridgehead atoms. The van der Waals surface area contributed by atoms with Gasteiger partial charge in [0.1, 0.15) is 0 Å². The molecule has 4 nitrogen and oxygen atoms in total. The molecule has 4 heteroatoms. The highest BCUT2D eigenvalue weighted by molar-refractivity contribution is 5.92. The molecular weight excluding hydrogens is 312 g/mol. The predicted molar refractivity (Wildman–Crippen MR) is 101 cm³/mol. The lowest BCUT2D eigenvalue weighted by molar-refractivity contribution is -0.125. The van der Waals surface area contributed by atoms with Crippen LogP contribution >= 0.6 is 0 Å². The Kier molecular flexibility index (Phi) is 5.97. The molecule has 25 heavy (non-hydrogen) atoms. The summed E-state index contributed by atoms with van der Waals surface area (Å²) in [6.07, 6.45) is 0. The van der Waals surface area contributed by atoms with Crippen LogP contribution in [0.3, 0.4) is 0 Å². The lowest BCUT2D eigenvalue weighted by Crippen LogP contribution is -2.39. The van der Waals surface area contributed by atoms with Crippen LogP contribution in [-0.4, -0.2) is 11.8 Å². The van der Waals surface area contributed by atoms with Gasteiger partial charge in [-0.25, -0.2) is 0 Å². The zero-order valence-electron chi connectivity index (χ0n) is 15.3. The van der Waals surface area contributed by atoms with Gasteiger partial charge in [-0.1, -0.05) is 56.3 Å². The average Bonchev–Trinajstić information content (AvgIpc) is 2.60. The van der Waals surface area contributed by atoms with E-state index in [-0.39, 0.29) is 17.7 Å². The fourth-order valence-electron chi connectivity index (χ4n) is 2.43. The topological polar surface area (TPSA) is 58.2 Å². The molecule has 2 aromatic carbocycles. The summed E-state index contributed by atoms with van der Waals surface area (Å²) in [7, 11) is 0. The number of amides is 2. The van der Waals surface area contributed by atoms with Gasteiger partial charge in [0.25, 0.3) is 0 Å². The summed E-state index contributed by atoms with van der Waals surface area (Å²) >= 11 is 0. The van der Waals surface area contributed by atoms with Gasteiger partial charge in [-0.2, -0.15) is 0 Å². The first-order valence-corrected chi connectivity index (χ1v) is 8.54. The molecule has 0 aliphatic heterocycles. The van der Waals surface area contributed by atoms with Crippen LogP contribution in [0.5, 0.6) is 0 Å². The van der Waals surface area contributed by atoms with Gasteiger partial charge >= 0.3 is 0 Å². The summed E-state index contributed by atoms with van der Waals surface area (Å²) in [6, 6.07) is 17.3. The molecule has 2 rings (SSSR count). The standard InChI is InChI=1S/C21H26N2O2/c1-15(2)19(24)23-18-12-8-9-16(13-18)14-22-20(25)21(3,4)17-10-6-5-7-11-17/h5-13,15H,14H2,1-4H3,(H,22,25)(H,23,24). The van der Waals surface area contributed by atoms with Gasteiger partial charge in [-0.05, 0) is 37.1 Å². The van der Waals surface area contributed by atoms with Crippen LogP contribution in [0, 0.1) is 5.92 Å². The van der Waals surface area contributed by atoms with Crippen molar-refractivity contribution in [3.63, 3.8) is 0 Å². The highest BCUT2D eigenvalue weighted by Crippen LogP contribution is 2.23. The van der Waals surface area contributed by atoms with Crippen molar-refractivity contribution in [3.8, 4) is 0 Å². The monoisotopic (exact) mass is 338 g/mol. The zero-order valence-corrected chi connectivity index (χ0v) is 15.3. The molecule has 0 atom stereocenters. The minimum absolute atomic E-state index is 0.0219. The van der Waals surface area contributed by atoms with Gasteiger partial charge in [0, 0.05) is 18.2 Å². The summed E-state index contributed by atoms with van der Waals surface area (Å²) in [6.45, 7) is 7.95. The van der Waals surface area contributed by atoms with E-state index < -0.39 is 5.41 Å². The third kappa shape index (κ3) is 4.92. The molecule has 0 unspecified atom stereocenters. The Morgan fingerprint density at radius 3 is 2.32 bits per heavy atom. The third-order valence-electron chi connectivity index (χ3n) is 4.24. The first-order valence-electron chi connectivity index (χ1n) is 8.54. The van der Waals surface area contributed by atoms with Gasteiger partial charge in [0.2, 0.25) is 11.8 Å². The van der Waals surface area contributed by atoms with Crippen LogP contribution in [0.1, 0.15) is 38.8 Å². The number of hydrogen-bond donors (Lipinski definition) is 2. The third-order valence-corrected chi connectivity index (χ3v) is 4.24. The van der Waals surface area contributed by atoms with E-state index in [4.69, 9.17) is 0 Å². The fourth-order valence-corrected chi connectivity index (χ4v) is 2.43. The summed E-state index contributed by atoms with van der Waals surface area (Å²) in [4.78, 5) is 24.4. The molecule has 0 radical (unpaired) electrons. The van der Waals surface area contributed by atoms with Crippen LogP contribution in [0.2, 0.25) is 0 Å². The van der Waals surface area contributed by atoms with Gasteiger partial charge < -0.3 is 10.6 Å². The smallest absolute Gasteiger partial charge is 0.230 e. The zero-order chi connectivity index (χ0) is 18.4. The van der Waals surface area contributed by atoms with E-state index >= 15 is 0 Å². The fraction of sp³-hybridized carbons (Fsp3) is 0.333. The number of carbonyl (C=O) groups is 2. The Hall–Kier alpha value is -2.62. The van der Waals surface area contributed by atoms with Crippen molar-refractivity contribution < 1.29 is 9.59 Å². The maximum atomic E-state index is 12.6. The van der Waals surface area contributed by atoms with Gasteiger partial charge in [-0.15, -0.1) is 0 Å². The van der Waals surface area contributed by atoms with E-state index in [1.807, 2.05) is 82.3 Å². The maximum absolute atomic E-state index is 12.6. The number of nitrogens with one attached hydrogen (secondary N) is 2. The number of rotatable bonds is 6. The molecule has 0 heterocycles. The maximum Gasteiger partial charge on any atom is 0.230 e. The first-order chi connectivity index (χ1) is 11.8. The van der Waals surface area contributed by atoms with Crippen LogP contribution < -0.4 is 10.6 Å². The van der Waals surface area contributed by atoms with Crippen LogP contribution in [-0.2, 0) is 21.5 Å². The Balaban J connectivity index is 2.01. The minimum Gasteiger partial charge on any atom is -0.351 e. The molecule has 2 N–H and O–H groups in total. The van der Waals surface area contributed by atoms with Gasteiger partial charge in [0.05, 0.1) is 5.41 Å². The molecule has 0 saturated heterocycles. The van der Waals surface area contributed by atoms with Crippen LogP contribution in [0.15, 0.2) is 54.6 Å². The van der Waals surface area contributed by atoms with E-state index in [1.165, 1.54) is 0 Å². The second-order valence-corrected chi connectivity index (χ2v) is 7.02. The second kappa shape index (κ2) is 7.97. The summed E-state index contributed by atoms with van der Waals surface area (Å²) < 4.78 is 0. The van der Waals surface area contributed by atoms with Crippen molar-refractivity contribution in [3.05, 3.63) is 65.7 Å². The normalized spacial score (nSPS) is 11.2. The highest BCUT2D eigenvalue weighted by atomic mass is 16.2. The van der Waals surface area contributed by atoms with Crippen molar-refractivity contribution in [2.45, 2.75) is 39.7 Å². The van der Waals surface area contributed by atoms with Gasteiger partial charge in [-0.3, -0.25) is 9.59 Å². The van der Waals surface area contributed by atoms with Crippen molar-refractivity contribution in [1.29, 1.82) is 0 Å². The largest absolute Gasteiger partial charge is 0.351 e. The van der Waals surface area contributed by atoms with E-state index in [0.29, 0.717) is 6.54 Å². The first kappa shape index (κ1) is 18.7.